The maximum absolute atomic E-state index is 12.2. The summed E-state index contributed by atoms with van der Waals surface area (Å²) in [6, 6.07) is 10.1. The third-order valence-electron chi connectivity index (χ3n) is 3.22. The summed E-state index contributed by atoms with van der Waals surface area (Å²) in [6.45, 7) is 6.89. The molecule has 3 heteroatoms. The highest BCUT2D eigenvalue weighted by atomic mass is 16.2. The molecule has 0 aliphatic carbocycles. The van der Waals surface area contributed by atoms with Crippen molar-refractivity contribution in [3.63, 3.8) is 0 Å². The van der Waals surface area contributed by atoms with Gasteiger partial charge in [-0.1, -0.05) is 44.2 Å². The lowest BCUT2D eigenvalue weighted by molar-refractivity contribution is -0.126. The number of nitrogens with one attached hydrogen (secondary N) is 2. The topological polar surface area (TPSA) is 41.1 Å². The zero-order valence-corrected chi connectivity index (χ0v) is 11.7. The monoisotopic (exact) mass is 248 g/mol. The largest absolute Gasteiger partial charge is 0.349 e. The van der Waals surface area contributed by atoms with Crippen molar-refractivity contribution >= 4 is 5.91 Å². The Bertz CT molecular complexity index is 362. The Hall–Kier alpha value is -1.35. The van der Waals surface area contributed by atoms with Crippen LogP contribution in [-0.4, -0.2) is 19.5 Å². The molecule has 1 aromatic carbocycles. The molecule has 0 bridgehead atoms. The van der Waals surface area contributed by atoms with Gasteiger partial charge in [-0.3, -0.25) is 4.79 Å². The maximum Gasteiger partial charge on any atom is 0.225 e. The summed E-state index contributed by atoms with van der Waals surface area (Å²) < 4.78 is 0. The summed E-state index contributed by atoms with van der Waals surface area (Å²) in [5, 5.41) is 6.17. The second-order valence-corrected chi connectivity index (χ2v) is 5.05. The minimum absolute atomic E-state index is 0.0150. The van der Waals surface area contributed by atoms with E-state index >= 15 is 0 Å². The van der Waals surface area contributed by atoms with Gasteiger partial charge in [0.1, 0.15) is 0 Å². The quantitative estimate of drug-likeness (QED) is 0.811. The Morgan fingerprint density at radius 2 is 1.78 bits per heavy atom. The molecule has 1 rings (SSSR count). The van der Waals surface area contributed by atoms with Crippen molar-refractivity contribution in [2.75, 3.05) is 13.6 Å². The molecule has 0 saturated carbocycles. The molecule has 0 fully saturated rings. The molecule has 0 aromatic heterocycles. The molecule has 0 saturated heterocycles. The first-order chi connectivity index (χ1) is 8.56. The van der Waals surface area contributed by atoms with Crippen molar-refractivity contribution in [2.45, 2.75) is 26.8 Å². The van der Waals surface area contributed by atoms with Crippen molar-refractivity contribution in [3.8, 4) is 0 Å². The Morgan fingerprint density at radius 1 is 1.17 bits per heavy atom. The summed E-state index contributed by atoms with van der Waals surface area (Å²) >= 11 is 0. The highest BCUT2D eigenvalue weighted by Crippen LogP contribution is 2.15. The smallest absolute Gasteiger partial charge is 0.225 e. The number of hydrogen-bond donors (Lipinski definition) is 2. The lowest BCUT2D eigenvalue weighted by atomic mass is 9.94. The first kappa shape index (κ1) is 14.7. The molecule has 2 unspecified atom stereocenters. The highest BCUT2D eigenvalue weighted by molar-refractivity contribution is 5.79. The molecule has 0 aliphatic rings. The van der Waals surface area contributed by atoms with E-state index in [0.29, 0.717) is 12.5 Å². The van der Waals surface area contributed by atoms with Gasteiger partial charge in [0.2, 0.25) is 5.91 Å². The summed E-state index contributed by atoms with van der Waals surface area (Å²) in [4.78, 5) is 12.2. The molecule has 0 aliphatic heterocycles. The van der Waals surface area contributed by atoms with E-state index in [2.05, 4.69) is 24.5 Å². The molecule has 2 N–H and O–H groups in total. The Kier molecular flexibility index (Phi) is 5.86. The first-order valence-electron chi connectivity index (χ1n) is 6.56. The van der Waals surface area contributed by atoms with Crippen LogP contribution in [0.1, 0.15) is 32.4 Å². The van der Waals surface area contributed by atoms with Crippen molar-refractivity contribution < 1.29 is 4.79 Å². The second kappa shape index (κ2) is 7.17. The van der Waals surface area contributed by atoms with Crippen molar-refractivity contribution in [1.82, 2.24) is 10.6 Å². The van der Waals surface area contributed by atoms with Crippen LogP contribution in [0.4, 0.5) is 0 Å². The molecule has 0 radical (unpaired) electrons. The molecule has 18 heavy (non-hydrogen) atoms. The number of carbonyl (C=O) groups excluding carboxylic acids is 1. The van der Waals surface area contributed by atoms with Crippen molar-refractivity contribution in [2.24, 2.45) is 11.8 Å². The van der Waals surface area contributed by atoms with Crippen LogP contribution in [0.15, 0.2) is 30.3 Å². The number of amides is 1. The standard InChI is InChI=1S/C15H24N2O/c1-11(2)14(10-16-4)15(18)17-12(3)13-8-6-5-7-9-13/h5-9,11-12,14,16H,10H2,1-4H3,(H,17,18). The van der Waals surface area contributed by atoms with E-state index < -0.39 is 0 Å². The molecule has 0 heterocycles. The van der Waals surface area contributed by atoms with Gasteiger partial charge in [-0.25, -0.2) is 0 Å². The number of hydrogen-bond acceptors (Lipinski definition) is 2. The van der Waals surface area contributed by atoms with Crippen LogP contribution >= 0.6 is 0 Å². The third kappa shape index (κ3) is 4.15. The molecule has 0 spiro atoms. The lowest BCUT2D eigenvalue weighted by Gasteiger charge is -2.23. The van der Waals surface area contributed by atoms with Gasteiger partial charge in [0.25, 0.3) is 0 Å². The predicted octanol–water partition coefficient (Wildman–Crippen LogP) is 2.36. The fraction of sp³-hybridized carbons (Fsp3) is 0.533. The number of rotatable bonds is 6. The van der Waals surface area contributed by atoms with E-state index in [0.717, 1.165) is 5.56 Å². The molecule has 100 valence electrons. The van der Waals surface area contributed by atoms with E-state index in [1.165, 1.54) is 0 Å². The van der Waals surface area contributed by atoms with Crippen LogP contribution in [0, 0.1) is 11.8 Å². The summed E-state index contributed by atoms with van der Waals surface area (Å²) in [5.74, 6) is 0.470. The summed E-state index contributed by atoms with van der Waals surface area (Å²) in [7, 11) is 1.88. The Balaban J connectivity index is 2.63. The average molecular weight is 248 g/mol. The minimum atomic E-state index is 0.0150. The molecule has 3 nitrogen and oxygen atoms in total. The van der Waals surface area contributed by atoms with E-state index in [1.807, 2.05) is 44.3 Å². The highest BCUT2D eigenvalue weighted by Gasteiger charge is 2.22. The lowest BCUT2D eigenvalue weighted by Crippen LogP contribution is -2.39. The van der Waals surface area contributed by atoms with E-state index in [-0.39, 0.29) is 17.9 Å². The summed E-state index contributed by atoms with van der Waals surface area (Å²) in [5.41, 5.74) is 1.14. The molecular formula is C15H24N2O. The van der Waals surface area contributed by atoms with E-state index in [1.54, 1.807) is 0 Å². The van der Waals surface area contributed by atoms with Gasteiger partial charge < -0.3 is 10.6 Å². The van der Waals surface area contributed by atoms with Crippen LogP contribution in [0.25, 0.3) is 0 Å². The average Bonchev–Trinajstić information content (AvgIpc) is 2.36. The van der Waals surface area contributed by atoms with E-state index in [9.17, 15) is 4.79 Å². The zero-order chi connectivity index (χ0) is 13.5. The Morgan fingerprint density at radius 3 is 2.28 bits per heavy atom. The SMILES string of the molecule is CNCC(C(=O)NC(C)c1ccccc1)C(C)C. The van der Waals surface area contributed by atoms with Crippen LogP contribution < -0.4 is 10.6 Å². The van der Waals surface area contributed by atoms with E-state index in [4.69, 9.17) is 0 Å². The molecule has 1 amide bonds. The zero-order valence-electron chi connectivity index (χ0n) is 11.7. The van der Waals surface area contributed by atoms with Gasteiger partial charge in [-0.2, -0.15) is 0 Å². The van der Waals surface area contributed by atoms with Crippen LogP contribution in [0.3, 0.4) is 0 Å². The predicted molar refractivity (Wildman–Crippen MR) is 75.3 cm³/mol. The van der Waals surface area contributed by atoms with Gasteiger partial charge in [0.15, 0.2) is 0 Å². The number of carbonyl (C=O) groups is 1. The number of benzene rings is 1. The van der Waals surface area contributed by atoms with Gasteiger partial charge in [-0.15, -0.1) is 0 Å². The fourth-order valence-corrected chi connectivity index (χ4v) is 2.00. The molecular weight excluding hydrogens is 224 g/mol. The van der Waals surface area contributed by atoms with Gasteiger partial charge in [-0.05, 0) is 25.5 Å². The van der Waals surface area contributed by atoms with Gasteiger partial charge in [0, 0.05) is 6.54 Å². The van der Waals surface area contributed by atoms with Crippen molar-refractivity contribution in [3.05, 3.63) is 35.9 Å². The normalized spacial score (nSPS) is 14.3. The van der Waals surface area contributed by atoms with Gasteiger partial charge in [0.05, 0.1) is 12.0 Å². The Labute approximate surface area is 110 Å². The van der Waals surface area contributed by atoms with Crippen molar-refractivity contribution in [1.29, 1.82) is 0 Å². The summed E-state index contributed by atoms with van der Waals surface area (Å²) in [6.07, 6.45) is 0. The van der Waals surface area contributed by atoms with Crippen LogP contribution in [0.5, 0.6) is 0 Å². The molecule has 1 aromatic rings. The van der Waals surface area contributed by atoms with Gasteiger partial charge >= 0.3 is 0 Å². The third-order valence-corrected chi connectivity index (χ3v) is 3.22. The fourth-order valence-electron chi connectivity index (χ4n) is 2.00. The second-order valence-electron chi connectivity index (χ2n) is 5.05. The van der Waals surface area contributed by atoms with Crippen LogP contribution in [0.2, 0.25) is 0 Å². The van der Waals surface area contributed by atoms with Crippen LogP contribution in [-0.2, 0) is 4.79 Å². The molecule has 2 atom stereocenters. The first-order valence-corrected chi connectivity index (χ1v) is 6.56. The minimum Gasteiger partial charge on any atom is -0.349 e. The maximum atomic E-state index is 12.2.